The Hall–Kier alpha value is -1.59. The van der Waals surface area contributed by atoms with Gasteiger partial charge in [0.25, 0.3) is 0 Å². The SMILES string of the molecule is Cl.O=C(CNC(=O)C1CCCNC1)NCCc1ccccc1. The van der Waals surface area contributed by atoms with Gasteiger partial charge >= 0.3 is 0 Å². The number of carbonyl (C=O) groups excluding carboxylic acids is 2. The Labute approximate surface area is 137 Å². The Morgan fingerprint density at radius 2 is 1.95 bits per heavy atom. The summed E-state index contributed by atoms with van der Waals surface area (Å²) in [5.41, 5.74) is 1.19. The van der Waals surface area contributed by atoms with Crippen molar-refractivity contribution in [2.45, 2.75) is 19.3 Å². The van der Waals surface area contributed by atoms with E-state index in [1.54, 1.807) is 0 Å². The van der Waals surface area contributed by atoms with Crippen molar-refractivity contribution in [3.05, 3.63) is 35.9 Å². The lowest BCUT2D eigenvalue weighted by atomic mass is 9.99. The predicted molar refractivity (Wildman–Crippen MR) is 89.0 cm³/mol. The van der Waals surface area contributed by atoms with Crippen molar-refractivity contribution in [1.29, 1.82) is 0 Å². The molecule has 1 saturated heterocycles. The molecule has 122 valence electrons. The van der Waals surface area contributed by atoms with E-state index in [4.69, 9.17) is 0 Å². The molecule has 6 heteroatoms. The third-order valence-corrected chi connectivity index (χ3v) is 3.67. The molecule has 1 aliphatic heterocycles. The van der Waals surface area contributed by atoms with E-state index in [1.807, 2.05) is 30.3 Å². The van der Waals surface area contributed by atoms with Crippen molar-refractivity contribution >= 4 is 24.2 Å². The molecule has 0 saturated carbocycles. The first-order valence-corrected chi connectivity index (χ1v) is 7.55. The number of piperidine rings is 1. The summed E-state index contributed by atoms with van der Waals surface area (Å²) in [6, 6.07) is 10.00. The molecule has 1 heterocycles. The summed E-state index contributed by atoms with van der Waals surface area (Å²) in [6.07, 6.45) is 2.71. The maximum absolute atomic E-state index is 11.9. The minimum atomic E-state index is -0.136. The minimum absolute atomic E-state index is 0. The Morgan fingerprint density at radius 1 is 1.18 bits per heavy atom. The van der Waals surface area contributed by atoms with Crippen LogP contribution in [0.1, 0.15) is 18.4 Å². The topological polar surface area (TPSA) is 70.2 Å². The molecular weight excluding hydrogens is 302 g/mol. The van der Waals surface area contributed by atoms with Gasteiger partial charge in [-0.2, -0.15) is 0 Å². The van der Waals surface area contributed by atoms with E-state index < -0.39 is 0 Å². The molecule has 0 spiro atoms. The molecular formula is C16H24ClN3O2. The van der Waals surface area contributed by atoms with Gasteiger partial charge in [-0.05, 0) is 31.4 Å². The Kier molecular flexibility index (Phi) is 8.55. The fourth-order valence-corrected chi connectivity index (χ4v) is 2.44. The van der Waals surface area contributed by atoms with E-state index in [2.05, 4.69) is 16.0 Å². The van der Waals surface area contributed by atoms with Crippen molar-refractivity contribution in [2.24, 2.45) is 5.92 Å². The Balaban J connectivity index is 0.00000242. The Bertz CT molecular complexity index is 462. The number of hydrogen-bond acceptors (Lipinski definition) is 3. The van der Waals surface area contributed by atoms with Gasteiger partial charge in [0, 0.05) is 13.1 Å². The van der Waals surface area contributed by atoms with Gasteiger partial charge in [0.05, 0.1) is 12.5 Å². The van der Waals surface area contributed by atoms with Crippen LogP contribution in [0.4, 0.5) is 0 Å². The highest BCUT2D eigenvalue weighted by Crippen LogP contribution is 2.09. The van der Waals surface area contributed by atoms with Gasteiger partial charge in [-0.15, -0.1) is 12.4 Å². The van der Waals surface area contributed by atoms with Crippen LogP contribution in [-0.2, 0) is 16.0 Å². The van der Waals surface area contributed by atoms with Crippen LogP contribution < -0.4 is 16.0 Å². The van der Waals surface area contributed by atoms with E-state index in [-0.39, 0.29) is 36.7 Å². The Morgan fingerprint density at radius 3 is 2.64 bits per heavy atom. The zero-order valence-electron chi connectivity index (χ0n) is 12.6. The van der Waals surface area contributed by atoms with Gasteiger partial charge in [0.1, 0.15) is 0 Å². The monoisotopic (exact) mass is 325 g/mol. The molecule has 0 aliphatic carbocycles. The second-order valence-corrected chi connectivity index (χ2v) is 5.35. The van der Waals surface area contributed by atoms with E-state index in [0.29, 0.717) is 13.1 Å². The van der Waals surface area contributed by atoms with Crippen LogP contribution in [0.3, 0.4) is 0 Å². The van der Waals surface area contributed by atoms with Crippen LogP contribution in [0, 0.1) is 5.92 Å². The highest BCUT2D eigenvalue weighted by Gasteiger charge is 2.20. The second kappa shape index (κ2) is 10.2. The number of hydrogen-bond donors (Lipinski definition) is 3. The summed E-state index contributed by atoms with van der Waals surface area (Å²) in [5, 5.41) is 8.72. The summed E-state index contributed by atoms with van der Waals surface area (Å²) in [6.45, 7) is 2.33. The molecule has 1 atom stereocenters. The summed E-state index contributed by atoms with van der Waals surface area (Å²) < 4.78 is 0. The van der Waals surface area contributed by atoms with Gasteiger partial charge in [-0.1, -0.05) is 30.3 Å². The van der Waals surface area contributed by atoms with Crippen LogP contribution in [0.2, 0.25) is 0 Å². The van der Waals surface area contributed by atoms with E-state index >= 15 is 0 Å². The van der Waals surface area contributed by atoms with Crippen molar-refractivity contribution in [2.75, 3.05) is 26.2 Å². The summed E-state index contributed by atoms with van der Waals surface area (Å²) in [5.74, 6) is -0.167. The van der Waals surface area contributed by atoms with E-state index in [9.17, 15) is 9.59 Å². The summed E-state index contributed by atoms with van der Waals surface area (Å²) in [4.78, 5) is 23.5. The van der Waals surface area contributed by atoms with Gasteiger partial charge in [-0.3, -0.25) is 9.59 Å². The normalized spacial score (nSPS) is 17.2. The third-order valence-electron chi connectivity index (χ3n) is 3.67. The quantitative estimate of drug-likeness (QED) is 0.727. The third kappa shape index (κ3) is 6.45. The smallest absolute Gasteiger partial charge is 0.239 e. The predicted octanol–water partition coefficient (Wildman–Crippen LogP) is 0.883. The van der Waals surface area contributed by atoms with Gasteiger partial charge in [0.15, 0.2) is 0 Å². The molecule has 2 amide bonds. The van der Waals surface area contributed by atoms with Crippen LogP contribution >= 0.6 is 12.4 Å². The molecule has 3 N–H and O–H groups in total. The first-order valence-electron chi connectivity index (χ1n) is 7.55. The molecule has 0 aromatic heterocycles. The lowest BCUT2D eigenvalue weighted by Gasteiger charge is -2.21. The lowest BCUT2D eigenvalue weighted by Crippen LogP contribution is -2.44. The first-order chi connectivity index (χ1) is 10.3. The zero-order chi connectivity index (χ0) is 14.9. The molecule has 5 nitrogen and oxygen atoms in total. The minimum Gasteiger partial charge on any atom is -0.354 e. The molecule has 1 aromatic rings. The van der Waals surface area contributed by atoms with Crippen LogP contribution in [0.5, 0.6) is 0 Å². The average Bonchev–Trinajstić information content (AvgIpc) is 2.54. The van der Waals surface area contributed by atoms with Crippen LogP contribution in [0.25, 0.3) is 0 Å². The molecule has 0 bridgehead atoms. The largest absolute Gasteiger partial charge is 0.354 e. The second-order valence-electron chi connectivity index (χ2n) is 5.35. The van der Waals surface area contributed by atoms with Crippen molar-refractivity contribution in [1.82, 2.24) is 16.0 Å². The van der Waals surface area contributed by atoms with E-state index in [0.717, 1.165) is 25.8 Å². The van der Waals surface area contributed by atoms with Gasteiger partial charge in [0.2, 0.25) is 11.8 Å². The van der Waals surface area contributed by atoms with Crippen LogP contribution in [0.15, 0.2) is 30.3 Å². The summed E-state index contributed by atoms with van der Waals surface area (Å²) >= 11 is 0. The average molecular weight is 326 g/mol. The molecule has 1 fully saturated rings. The van der Waals surface area contributed by atoms with Crippen molar-refractivity contribution in [3.8, 4) is 0 Å². The van der Waals surface area contributed by atoms with Crippen LogP contribution in [-0.4, -0.2) is 38.0 Å². The highest BCUT2D eigenvalue weighted by atomic mass is 35.5. The maximum atomic E-state index is 11.9. The van der Waals surface area contributed by atoms with Gasteiger partial charge < -0.3 is 16.0 Å². The van der Waals surface area contributed by atoms with E-state index in [1.165, 1.54) is 5.56 Å². The lowest BCUT2D eigenvalue weighted by molar-refractivity contribution is -0.128. The summed E-state index contributed by atoms with van der Waals surface area (Å²) in [7, 11) is 0. The highest BCUT2D eigenvalue weighted by molar-refractivity contribution is 5.86. The van der Waals surface area contributed by atoms with Crippen molar-refractivity contribution < 1.29 is 9.59 Å². The number of halogens is 1. The standard InChI is InChI=1S/C16H23N3O2.ClH/c20-15(18-10-8-13-5-2-1-3-6-13)12-19-16(21)14-7-4-9-17-11-14;/h1-3,5-6,14,17H,4,7-12H2,(H,18,20)(H,19,21);1H. The molecule has 1 aliphatic rings. The fraction of sp³-hybridized carbons (Fsp3) is 0.500. The number of amides is 2. The number of rotatable bonds is 6. The maximum Gasteiger partial charge on any atom is 0.239 e. The molecule has 2 rings (SSSR count). The van der Waals surface area contributed by atoms with Gasteiger partial charge in [-0.25, -0.2) is 0 Å². The fourth-order valence-electron chi connectivity index (χ4n) is 2.44. The number of nitrogens with one attached hydrogen (secondary N) is 3. The number of benzene rings is 1. The molecule has 1 aromatic carbocycles. The number of carbonyl (C=O) groups is 2. The first kappa shape index (κ1) is 18.5. The molecule has 1 unspecified atom stereocenters. The molecule has 22 heavy (non-hydrogen) atoms. The van der Waals surface area contributed by atoms with Crippen molar-refractivity contribution in [3.63, 3.8) is 0 Å². The molecule has 0 radical (unpaired) electrons. The zero-order valence-corrected chi connectivity index (χ0v) is 13.5.